The van der Waals surface area contributed by atoms with Gasteiger partial charge in [0.1, 0.15) is 12.2 Å². The van der Waals surface area contributed by atoms with Crippen molar-refractivity contribution in [3.8, 4) is 0 Å². The molecular formula is C8H20O11P2. The van der Waals surface area contributed by atoms with Crippen LogP contribution in [0.2, 0.25) is 0 Å². The number of aliphatic hydroxyl groups is 3. The summed E-state index contributed by atoms with van der Waals surface area (Å²) >= 11 is 0. The number of rotatable bonds is 12. The molecule has 5 N–H and O–H groups in total. The first-order valence-electron chi connectivity index (χ1n) is 5.82. The van der Waals surface area contributed by atoms with Crippen molar-refractivity contribution in [1.29, 1.82) is 0 Å². The van der Waals surface area contributed by atoms with E-state index in [2.05, 4.69) is 18.1 Å². The smallest absolute Gasteiger partial charge is 0.394 e. The minimum absolute atomic E-state index is 0.0762. The molecule has 128 valence electrons. The van der Waals surface area contributed by atoms with Crippen molar-refractivity contribution in [2.45, 2.75) is 19.1 Å². The van der Waals surface area contributed by atoms with Gasteiger partial charge in [-0.1, -0.05) is 0 Å². The van der Waals surface area contributed by atoms with Crippen molar-refractivity contribution >= 4 is 15.6 Å². The molecule has 0 fully saturated rings. The maximum absolute atomic E-state index is 11.3. The predicted molar refractivity (Wildman–Crippen MR) is 68.2 cm³/mol. The lowest BCUT2D eigenvalue weighted by Crippen LogP contribution is -2.22. The van der Waals surface area contributed by atoms with Crippen LogP contribution in [0.5, 0.6) is 0 Å². The van der Waals surface area contributed by atoms with Crippen LogP contribution in [0.3, 0.4) is 0 Å². The minimum atomic E-state index is -4.54. The van der Waals surface area contributed by atoms with Crippen LogP contribution < -0.4 is 0 Å². The summed E-state index contributed by atoms with van der Waals surface area (Å²) in [4.78, 5) is 18.2. The average molecular weight is 354 g/mol. The normalized spacial score (nSPS) is 20.5. The topological polar surface area (TPSA) is 172 Å². The second kappa shape index (κ2) is 9.98. The van der Waals surface area contributed by atoms with E-state index in [1.54, 1.807) is 0 Å². The van der Waals surface area contributed by atoms with E-state index in [9.17, 15) is 14.2 Å². The third-order valence-electron chi connectivity index (χ3n) is 1.79. The quantitative estimate of drug-likeness (QED) is 0.272. The number of hydrogen-bond acceptors (Lipinski definition) is 9. The molecular weight excluding hydrogens is 334 g/mol. The Hall–Kier alpha value is 0.1000. The molecule has 0 aromatic rings. The zero-order valence-corrected chi connectivity index (χ0v) is 13.1. The summed E-state index contributed by atoms with van der Waals surface area (Å²) in [6.07, 6.45) is -2.84. The molecule has 4 atom stereocenters. The van der Waals surface area contributed by atoms with Gasteiger partial charge in [-0.2, -0.15) is 0 Å². The zero-order valence-electron chi connectivity index (χ0n) is 11.3. The van der Waals surface area contributed by atoms with Gasteiger partial charge in [0.15, 0.2) is 0 Å². The summed E-state index contributed by atoms with van der Waals surface area (Å²) in [5, 5.41) is 26.7. The molecule has 0 aromatic carbocycles. The molecule has 0 radical (unpaired) electrons. The molecule has 0 aliphatic carbocycles. The fourth-order valence-corrected chi connectivity index (χ4v) is 2.44. The van der Waals surface area contributed by atoms with Gasteiger partial charge in [-0.25, -0.2) is 9.13 Å². The Balaban J connectivity index is 4.03. The van der Waals surface area contributed by atoms with E-state index >= 15 is 0 Å². The first-order valence-corrected chi connectivity index (χ1v) is 8.81. The van der Waals surface area contributed by atoms with Crippen molar-refractivity contribution in [3.05, 3.63) is 0 Å². The summed E-state index contributed by atoms with van der Waals surface area (Å²) in [5.41, 5.74) is 0. The molecule has 21 heavy (non-hydrogen) atoms. The number of phosphoric acid groups is 2. The third-order valence-corrected chi connectivity index (χ3v) is 3.80. The Kier molecular flexibility index (Phi) is 10.0. The van der Waals surface area contributed by atoms with E-state index in [0.717, 1.165) is 0 Å². The monoisotopic (exact) mass is 354 g/mol. The fraction of sp³-hybridized carbons (Fsp3) is 1.00. The molecule has 0 spiro atoms. The minimum Gasteiger partial charge on any atom is -0.394 e. The highest BCUT2D eigenvalue weighted by atomic mass is 31.2. The molecule has 0 bridgehead atoms. The first kappa shape index (κ1) is 21.1. The molecule has 2 unspecified atom stereocenters. The first-order chi connectivity index (χ1) is 9.62. The van der Waals surface area contributed by atoms with Crippen LogP contribution >= 0.6 is 15.6 Å². The van der Waals surface area contributed by atoms with Crippen LogP contribution in [-0.2, 0) is 27.2 Å². The summed E-state index contributed by atoms with van der Waals surface area (Å²) in [7, 11) is -8.82. The SMILES string of the molecule is CCOP(=O)(O)OC[C@H](O)COP(=O)(O)OC[C@@H](O)CO. The summed E-state index contributed by atoms with van der Waals surface area (Å²) in [6, 6.07) is 0. The van der Waals surface area contributed by atoms with Crippen LogP contribution in [0.25, 0.3) is 0 Å². The van der Waals surface area contributed by atoms with Crippen LogP contribution in [0, 0.1) is 0 Å². The second-order valence-corrected chi connectivity index (χ2v) is 6.64. The van der Waals surface area contributed by atoms with Crippen molar-refractivity contribution in [3.63, 3.8) is 0 Å². The Morgan fingerprint density at radius 3 is 1.62 bits per heavy atom. The fourth-order valence-electron chi connectivity index (χ4n) is 0.879. The Labute approximate surface area is 121 Å². The number of phosphoric ester groups is 2. The summed E-state index contributed by atoms with van der Waals surface area (Å²) in [6.45, 7) is -1.33. The largest absolute Gasteiger partial charge is 0.472 e. The maximum atomic E-state index is 11.3. The van der Waals surface area contributed by atoms with Gasteiger partial charge in [0.25, 0.3) is 0 Å². The molecule has 0 aliphatic heterocycles. The molecule has 11 nitrogen and oxygen atoms in total. The Morgan fingerprint density at radius 1 is 0.857 bits per heavy atom. The second-order valence-electron chi connectivity index (χ2n) is 3.73. The van der Waals surface area contributed by atoms with Gasteiger partial charge < -0.3 is 25.1 Å². The van der Waals surface area contributed by atoms with Crippen LogP contribution in [-0.4, -0.2) is 70.3 Å². The van der Waals surface area contributed by atoms with Crippen molar-refractivity contribution in [2.24, 2.45) is 0 Å². The van der Waals surface area contributed by atoms with Crippen molar-refractivity contribution in [1.82, 2.24) is 0 Å². The van der Waals surface area contributed by atoms with Gasteiger partial charge in [0.05, 0.1) is 33.0 Å². The van der Waals surface area contributed by atoms with Gasteiger partial charge in [0.2, 0.25) is 0 Å². The van der Waals surface area contributed by atoms with E-state index in [-0.39, 0.29) is 6.61 Å². The Morgan fingerprint density at radius 2 is 1.24 bits per heavy atom. The molecule has 0 amide bonds. The third kappa shape index (κ3) is 11.3. The highest BCUT2D eigenvalue weighted by Gasteiger charge is 2.26. The summed E-state index contributed by atoms with van der Waals surface area (Å²) in [5.74, 6) is 0. The highest BCUT2D eigenvalue weighted by Crippen LogP contribution is 2.44. The molecule has 0 heterocycles. The number of aliphatic hydroxyl groups excluding tert-OH is 3. The number of hydrogen-bond donors (Lipinski definition) is 5. The van der Waals surface area contributed by atoms with Crippen LogP contribution in [0.1, 0.15) is 6.92 Å². The molecule has 0 aromatic heterocycles. The van der Waals surface area contributed by atoms with Gasteiger partial charge >= 0.3 is 15.6 Å². The van der Waals surface area contributed by atoms with Gasteiger partial charge in [0, 0.05) is 0 Å². The van der Waals surface area contributed by atoms with Crippen molar-refractivity contribution in [2.75, 3.05) is 33.0 Å². The van der Waals surface area contributed by atoms with E-state index in [4.69, 9.17) is 20.0 Å². The van der Waals surface area contributed by atoms with Gasteiger partial charge in [-0.15, -0.1) is 0 Å². The molecule has 0 rings (SSSR count). The lowest BCUT2D eigenvalue weighted by atomic mass is 10.4. The van der Waals surface area contributed by atoms with E-state index in [0.29, 0.717) is 0 Å². The van der Waals surface area contributed by atoms with Crippen LogP contribution in [0.4, 0.5) is 0 Å². The molecule has 13 heteroatoms. The predicted octanol–water partition coefficient (Wildman–Crippen LogP) is -1.01. The lowest BCUT2D eigenvalue weighted by Gasteiger charge is -2.17. The van der Waals surface area contributed by atoms with Gasteiger partial charge in [-0.05, 0) is 6.92 Å². The highest BCUT2D eigenvalue weighted by molar-refractivity contribution is 7.47. The van der Waals surface area contributed by atoms with Crippen molar-refractivity contribution < 1.29 is 52.3 Å². The Bertz CT molecular complexity index is 375. The van der Waals surface area contributed by atoms with E-state index < -0.39 is 54.3 Å². The van der Waals surface area contributed by atoms with Gasteiger partial charge in [-0.3, -0.25) is 18.1 Å². The summed E-state index contributed by atoms with van der Waals surface area (Å²) < 4.78 is 39.8. The van der Waals surface area contributed by atoms with E-state index in [1.165, 1.54) is 6.92 Å². The average Bonchev–Trinajstić information content (AvgIpc) is 2.40. The van der Waals surface area contributed by atoms with Crippen LogP contribution in [0.15, 0.2) is 0 Å². The molecule has 0 saturated heterocycles. The zero-order chi connectivity index (χ0) is 16.5. The molecule has 0 saturated carbocycles. The lowest BCUT2D eigenvalue weighted by molar-refractivity contribution is 0.0141. The molecule has 0 aliphatic rings. The van der Waals surface area contributed by atoms with E-state index in [1.807, 2.05) is 0 Å². The standard InChI is InChI=1S/C8H20O11P2/c1-2-16-20(12,13)18-5-8(11)6-19-21(14,15)17-4-7(10)3-9/h7-11H,2-6H2,1H3,(H,12,13)(H,14,15)/t7-,8-/m0/s1. The maximum Gasteiger partial charge on any atom is 0.472 e.